The van der Waals surface area contributed by atoms with E-state index in [2.05, 4.69) is 21.7 Å². The Labute approximate surface area is 135 Å². The molecule has 0 spiro atoms. The molecule has 1 aliphatic heterocycles. The smallest absolute Gasteiger partial charge is 0.269 e. The van der Waals surface area contributed by atoms with Gasteiger partial charge in [0, 0.05) is 50.5 Å². The fourth-order valence-corrected chi connectivity index (χ4v) is 2.55. The first-order valence-corrected chi connectivity index (χ1v) is 7.55. The Kier molecular flexibility index (Phi) is 5.32. The first-order chi connectivity index (χ1) is 10.5. The Bertz CT molecular complexity index is 565. The molecule has 1 aromatic carbocycles. The van der Waals surface area contributed by atoms with Crippen LogP contribution in [0.3, 0.4) is 0 Å². The number of thiocarbonyl (C=S) groups is 1. The van der Waals surface area contributed by atoms with Crippen LogP contribution in [0.2, 0.25) is 0 Å². The van der Waals surface area contributed by atoms with Gasteiger partial charge in [0.05, 0.1) is 4.92 Å². The third kappa shape index (κ3) is 4.17. The van der Waals surface area contributed by atoms with Gasteiger partial charge in [0.15, 0.2) is 5.11 Å². The van der Waals surface area contributed by atoms with Crippen LogP contribution in [0.15, 0.2) is 36.4 Å². The van der Waals surface area contributed by atoms with Gasteiger partial charge < -0.3 is 15.1 Å². The van der Waals surface area contributed by atoms with Crippen LogP contribution in [-0.2, 0) is 0 Å². The molecular weight excluding hydrogens is 300 g/mol. The highest BCUT2D eigenvalue weighted by Crippen LogP contribution is 2.20. The maximum Gasteiger partial charge on any atom is 0.269 e. The van der Waals surface area contributed by atoms with Crippen molar-refractivity contribution in [2.75, 3.05) is 37.6 Å². The van der Waals surface area contributed by atoms with Crippen LogP contribution in [-0.4, -0.2) is 47.7 Å². The molecule has 0 saturated carbocycles. The lowest BCUT2D eigenvalue weighted by molar-refractivity contribution is -0.384. The molecule has 1 aromatic rings. The van der Waals surface area contributed by atoms with Crippen LogP contribution >= 0.6 is 12.2 Å². The zero-order valence-electron chi connectivity index (χ0n) is 12.6. The second-order valence-corrected chi connectivity index (χ2v) is 5.75. The number of nitro benzene ring substituents is 1. The lowest BCUT2D eigenvalue weighted by atomic mass is 10.2. The maximum absolute atomic E-state index is 10.7. The molecule has 0 bridgehead atoms. The lowest BCUT2D eigenvalue weighted by Crippen LogP contribution is -2.51. The normalized spacial score (nSPS) is 14.6. The molecule has 0 aliphatic carbocycles. The van der Waals surface area contributed by atoms with E-state index in [-0.39, 0.29) is 10.6 Å². The molecule has 0 atom stereocenters. The number of nitro groups is 1. The second kappa shape index (κ2) is 7.22. The van der Waals surface area contributed by atoms with E-state index in [9.17, 15) is 10.1 Å². The number of piperazine rings is 1. The molecule has 0 radical (unpaired) electrons. The van der Waals surface area contributed by atoms with E-state index in [0.29, 0.717) is 6.54 Å². The number of nitrogens with zero attached hydrogens (tertiary/aromatic N) is 3. The third-order valence-electron chi connectivity index (χ3n) is 3.53. The summed E-state index contributed by atoms with van der Waals surface area (Å²) in [5.74, 6) is 0. The highest BCUT2D eigenvalue weighted by molar-refractivity contribution is 7.80. The van der Waals surface area contributed by atoms with Gasteiger partial charge in [-0.2, -0.15) is 0 Å². The van der Waals surface area contributed by atoms with E-state index < -0.39 is 0 Å². The number of non-ortho nitro benzene ring substituents is 1. The van der Waals surface area contributed by atoms with E-state index in [1.54, 1.807) is 24.3 Å². The fraction of sp³-hybridized carbons (Fsp3) is 0.400. The summed E-state index contributed by atoms with van der Waals surface area (Å²) in [7, 11) is 0. The van der Waals surface area contributed by atoms with Crippen molar-refractivity contribution in [1.82, 2.24) is 10.2 Å². The summed E-state index contributed by atoms with van der Waals surface area (Å²) in [5.41, 5.74) is 2.17. The number of benzene rings is 1. The average Bonchev–Trinajstić information content (AvgIpc) is 2.53. The Morgan fingerprint density at radius 2 is 1.91 bits per heavy atom. The minimum atomic E-state index is -0.382. The molecule has 1 saturated heterocycles. The molecule has 1 fully saturated rings. The van der Waals surface area contributed by atoms with Gasteiger partial charge in [-0.15, -0.1) is 0 Å². The van der Waals surface area contributed by atoms with Gasteiger partial charge in [0.25, 0.3) is 5.69 Å². The summed E-state index contributed by atoms with van der Waals surface area (Å²) in [5, 5.41) is 14.6. The maximum atomic E-state index is 10.7. The fourth-order valence-electron chi connectivity index (χ4n) is 2.29. The second-order valence-electron chi connectivity index (χ2n) is 5.36. The molecule has 1 heterocycles. The monoisotopic (exact) mass is 320 g/mol. The Hall–Kier alpha value is -2.15. The summed E-state index contributed by atoms with van der Waals surface area (Å²) in [6.07, 6.45) is 0. The van der Waals surface area contributed by atoms with Crippen molar-refractivity contribution in [3.05, 3.63) is 46.5 Å². The molecule has 1 N–H and O–H groups in total. The third-order valence-corrected chi connectivity index (χ3v) is 3.94. The Balaban J connectivity index is 1.87. The van der Waals surface area contributed by atoms with Crippen LogP contribution in [0.4, 0.5) is 11.4 Å². The van der Waals surface area contributed by atoms with E-state index in [1.165, 1.54) is 0 Å². The molecule has 1 aliphatic rings. The zero-order chi connectivity index (χ0) is 16.1. The topological polar surface area (TPSA) is 61.6 Å². The molecule has 6 nitrogen and oxygen atoms in total. The van der Waals surface area contributed by atoms with Gasteiger partial charge in [-0.25, -0.2) is 0 Å². The van der Waals surface area contributed by atoms with E-state index in [0.717, 1.165) is 42.6 Å². The molecule has 22 heavy (non-hydrogen) atoms. The quantitative estimate of drug-likeness (QED) is 0.397. The zero-order valence-corrected chi connectivity index (χ0v) is 13.4. The van der Waals surface area contributed by atoms with Crippen LogP contribution < -0.4 is 10.2 Å². The predicted molar refractivity (Wildman–Crippen MR) is 92.3 cm³/mol. The molecule has 0 aromatic heterocycles. The summed E-state index contributed by atoms with van der Waals surface area (Å²) < 4.78 is 0. The summed E-state index contributed by atoms with van der Waals surface area (Å²) in [6.45, 7) is 9.85. The number of rotatable bonds is 4. The molecule has 0 amide bonds. The van der Waals surface area contributed by atoms with Gasteiger partial charge in [0.2, 0.25) is 0 Å². The van der Waals surface area contributed by atoms with E-state index >= 15 is 0 Å². The van der Waals surface area contributed by atoms with Gasteiger partial charge in [-0.3, -0.25) is 10.1 Å². The lowest BCUT2D eigenvalue weighted by Gasteiger charge is -2.37. The summed E-state index contributed by atoms with van der Waals surface area (Å²) >= 11 is 5.37. The SMILES string of the molecule is C=C(C)CNC(=S)N1CCN(c2ccc([N+](=O)[O-])cc2)CC1. The molecule has 0 unspecified atom stereocenters. The van der Waals surface area contributed by atoms with Gasteiger partial charge in [-0.05, 0) is 31.3 Å². The highest BCUT2D eigenvalue weighted by Gasteiger charge is 2.19. The van der Waals surface area contributed by atoms with Crippen molar-refractivity contribution in [2.45, 2.75) is 6.92 Å². The summed E-state index contributed by atoms with van der Waals surface area (Å²) in [6, 6.07) is 6.68. The van der Waals surface area contributed by atoms with Crippen LogP contribution in [0, 0.1) is 10.1 Å². The van der Waals surface area contributed by atoms with Crippen molar-refractivity contribution in [2.24, 2.45) is 0 Å². The van der Waals surface area contributed by atoms with Crippen molar-refractivity contribution >= 4 is 28.7 Å². The number of hydrogen-bond acceptors (Lipinski definition) is 4. The van der Waals surface area contributed by atoms with Gasteiger partial charge in [0.1, 0.15) is 0 Å². The molecular formula is C15H20N4O2S. The van der Waals surface area contributed by atoms with Crippen molar-refractivity contribution in [3.63, 3.8) is 0 Å². The van der Waals surface area contributed by atoms with Gasteiger partial charge in [-0.1, -0.05) is 12.2 Å². The minimum Gasteiger partial charge on any atom is -0.368 e. The number of nitrogens with one attached hydrogen (secondary N) is 1. The summed E-state index contributed by atoms with van der Waals surface area (Å²) in [4.78, 5) is 14.6. The first kappa shape index (κ1) is 16.2. The van der Waals surface area contributed by atoms with Crippen LogP contribution in [0.25, 0.3) is 0 Å². The minimum absolute atomic E-state index is 0.118. The average molecular weight is 320 g/mol. The molecule has 7 heteroatoms. The van der Waals surface area contributed by atoms with E-state index in [1.807, 2.05) is 6.92 Å². The van der Waals surface area contributed by atoms with Crippen molar-refractivity contribution in [1.29, 1.82) is 0 Å². The Morgan fingerprint density at radius 3 is 2.41 bits per heavy atom. The Morgan fingerprint density at radius 1 is 1.32 bits per heavy atom. The molecule has 2 rings (SSSR count). The number of hydrogen-bond donors (Lipinski definition) is 1. The van der Waals surface area contributed by atoms with Gasteiger partial charge >= 0.3 is 0 Å². The highest BCUT2D eigenvalue weighted by atomic mass is 32.1. The van der Waals surface area contributed by atoms with Crippen molar-refractivity contribution < 1.29 is 4.92 Å². The van der Waals surface area contributed by atoms with Crippen molar-refractivity contribution in [3.8, 4) is 0 Å². The standard InChI is InChI=1S/C15H20N4O2S/c1-12(2)11-16-15(22)18-9-7-17(8-10-18)13-3-5-14(6-4-13)19(20)21/h3-6H,1,7-11H2,2H3,(H,16,22). The van der Waals surface area contributed by atoms with Crippen LogP contribution in [0.1, 0.15) is 6.92 Å². The number of anilines is 1. The molecule has 118 valence electrons. The first-order valence-electron chi connectivity index (χ1n) is 7.14. The predicted octanol–water partition coefficient (Wildman–Crippen LogP) is 2.17. The van der Waals surface area contributed by atoms with E-state index in [4.69, 9.17) is 12.2 Å². The largest absolute Gasteiger partial charge is 0.368 e. The van der Waals surface area contributed by atoms with Crippen LogP contribution in [0.5, 0.6) is 0 Å².